The molecule has 1 fully saturated rings. The summed E-state index contributed by atoms with van der Waals surface area (Å²) < 4.78 is 42.0. The topological polar surface area (TPSA) is 55.8 Å². The first-order valence-corrected chi connectivity index (χ1v) is 7.56. The number of rotatable bonds is 4. The highest BCUT2D eigenvalue weighted by Crippen LogP contribution is 2.37. The number of hydrogen-bond donors (Lipinski definition) is 0. The van der Waals surface area contributed by atoms with Crippen LogP contribution in [0, 0.1) is 0 Å². The van der Waals surface area contributed by atoms with Crippen LogP contribution in [-0.2, 0) is 24.6 Å². The normalized spacial score (nSPS) is 18.0. The van der Waals surface area contributed by atoms with Crippen LogP contribution in [0.5, 0.6) is 0 Å². The molecule has 0 aromatic heterocycles. The average molecular weight is 345 g/mol. The zero-order valence-electron chi connectivity index (χ0n) is 13.1. The van der Waals surface area contributed by atoms with Gasteiger partial charge in [0.05, 0.1) is 12.0 Å². The van der Waals surface area contributed by atoms with Crippen molar-refractivity contribution >= 4 is 11.9 Å². The maximum Gasteiger partial charge on any atom is 0.492 e. The number of halogens is 3. The number of benzene rings is 1. The molecule has 0 atom stereocenters. The van der Waals surface area contributed by atoms with Crippen LogP contribution in [0.25, 0.3) is 0 Å². The van der Waals surface area contributed by atoms with Gasteiger partial charge in [-0.05, 0) is 25.3 Å². The standard InChI is InChI=1S/C16H18F3NO4/c1-2-23-13(21)15(12-6-4-3-5-7-12)8-10-20(11-9-15)24-14(22)16(17,18)19/h3-7H,2,8-11H2,1H3. The van der Waals surface area contributed by atoms with Gasteiger partial charge < -0.3 is 9.57 Å². The van der Waals surface area contributed by atoms with Crippen LogP contribution in [0.3, 0.4) is 0 Å². The second-order valence-electron chi connectivity index (χ2n) is 5.47. The van der Waals surface area contributed by atoms with Crippen molar-refractivity contribution < 1.29 is 32.3 Å². The molecule has 0 spiro atoms. The largest absolute Gasteiger partial charge is 0.492 e. The second-order valence-corrected chi connectivity index (χ2v) is 5.47. The highest BCUT2D eigenvalue weighted by molar-refractivity contribution is 5.83. The van der Waals surface area contributed by atoms with E-state index >= 15 is 0 Å². The highest BCUT2D eigenvalue weighted by Gasteiger charge is 2.47. The van der Waals surface area contributed by atoms with Crippen LogP contribution < -0.4 is 0 Å². The Balaban J connectivity index is 2.13. The molecule has 0 aliphatic carbocycles. The van der Waals surface area contributed by atoms with Gasteiger partial charge in [0.25, 0.3) is 0 Å². The summed E-state index contributed by atoms with van der Waals surface area (Å²) in [5.41, 5.74) is -0.205. The molecule has 1 saturated heterocycles. The number of carbonyl (C=O) groups excluding carboxylic acids is 2. The molecule has 1 aromatic carbocycles. The van der Waals surface area contributed by atoms with E-state index < -0.39 is 23.5 Å². The van der Waals surface area contributed by atoms with Crippen molar-refractivity contribution in [3.05, 3.63) is 35.9 Å². The van der Waals surface area contributed by atoms with Crippen LogP contribution >= 0.6 is 0 Å². The zero-order valence-corrected chi connectivity index (χ0v) is 13.1. The van der Waals surface area contributed by atoms with Crippen LogP contribution in [-0.4, -0.2) is 42.9 Å². The number of alkyl halides is 3. The molecular weight excluding hydrogens is 327 g/mol. The highest BCUT2D eigenvalue weighted by atomic mass is 19.4. The third-order valence-corrected chi connectivity index (χ3v) is 4.01. The maximum absolute atomic E-state index is 12.5. The lowest BCUT2D eigenvalue weighted by atomic mass is 9.73. The molecule has 24 heavy (non-hydrogen) atoms. The molecule has 0 bridgehead atoms. The molecule has 2 rings (SSSR count). The lowest BCUT2D eigenvalue weighted by Crippen LogP contribution is -2.49. The van der Waals surface area contributed by atoms with E-state index in [9.17, 15) is 22.8 Å². The Labute approximate surface area is 137 Å². The van der Waals surface area contributed by atoms with Crippen molar-refractivity contribution in [2.75, 3.05) is 19.7 Å². The summed E-state index contributed by atoms with van der Waals surface area (Å²) in [6.07, 6.45) is -4.66. The minimum absolute atomic E-state index is 0.00945. The fourth-order valence-corrected chi connectivity index (χ4v) is 2.77. The number of nitrogens with zero attached hydrogens (tertiary/aromatic N) is 1. The van der Waals surface area contributed by atoms with Gasteiger partial charge in [0.1, 0.15) is 0 Å². The van der Waals surface area contributed by atoms with Gasteiger partial charge in [0, 0.05) is 13.1 Å². The summed E-state index contributed by atoms with van der Waals surface area (Å²) in [5, 5.41) is 0.941. The summed E-state index contributed by atoms with van der Waals surface area (Å²) in [5.74, 6) is -2.68. The predicted molar refractivity (Wildman–Crippen MR) is 77.7 cm³/mol. The van der Waals surface area contributed by atoms with Gasteiger partial charge in [-0.15, -0.1) is 5.06 Å². The summed E-state index contributed by atoms with van der Waals surface area (Å²) >= 11 is 0. The smallest absolute Gasteiger partial charge is 0.465 e. The molecule has 0 amide bonds. The second kappa shape index (κ2) is 7.21. The van der Waals surface area contributed by atoms with Gasteiger partial charge >= 0.3 is 18.1 Å². The molecule has 0 unspecified atom stereocenters. The van der Waals surface area contributed by atoms with Gasteiger partial charge in [-0.1, -0.05) is 30.3 Å². The van der Waals surface area contributed by atoms with Crippen molar-refractivity contribution in [3.63, 3.8) is 0 Å². The molecule has 0 radical (unpaired) electrons. The van der Waals surface area contributed by atoms with Gasteiger partial charge in [0.15, 0.2) is 0 Å². The lowest BCUT2D eigenvalue weighted by Gasteiger charge is -2.39. The van der Waals surface area contributed by atoms with E-state index in [4.69, 9.17) is 4.74 Å². The molecule has 0 saturated carbocycles. The third-order valence-electron chi connectivity index (χ3n) is 4.01. The number of carbonyl (C=O) groups is 2. The Morgan fingerprint density at radius 3 is 2.25 bits per heavy atom. The first kappa shape index (κ1) is 18.3. The van der Waals surface area contributed by atoms with Crippen LogP contribution in [0.4, 0.5) is 13.2 Å². The summed E-state index contributed by atoms with van der Waals surface area (Å²) in [6.45, 7) is 1.92. The average Bonchev–Trinajstić information content (AvgIpc) is 2.56. The Morgan fingerprint density at radius 2 is 1.75 bits per heavy atom. The SMILES string of the molecule is CCOC(=O)C1(c2ccccc2)CCN(OC(=O)C(F)(F)F)CC1. The molecule has 132 valence electrons. The van der Waals surface area contributed by atoms with Crippen LogP contribution in [0.2, 0.25) is 0 Å². The summed E-state index contributed by atoms with van der Waals surface area (Å²) in [6, 6.07) is 8.95. The molecule has 1 aliphatic rings. The summed E-state index contributed by atoms with van der Waals surface area (Å²) in [7, 11) is 0. The predicted octanol–water partition coefficient (Wildman–Crippen LogP) is 2.60. The Bertz CT molecular complexity index is 581. The maximum atomic E-state index is 12.5. The first-order chi connectivity index (χ1) is 11.3. The molecule has 1 aliphatic heterocycles. The fraction of sp³-hybridized carbons (Fsp3) is 0.500. The van der Waals surface area contributed by atoms with Crippen LogP contribution in [0.15, 0.2) is 30.3 Å². The van der Waals surface area contributed by atoms with Gasteiger partial charge in [0.2, 0.25) is 0 Å². The monoisotopic (exact) mass is 345 g/mol. The number of hydroxylamine groups is 2. The number of esters is 1. The molecular formula is C16H18F3NO4. The van der Waals surface area contributed by atoms with Crippen molar-refractivity contribution in [1.82, 2.24) is 5.06 Å². The number of ether oxygens (including phenoxy) is 1. The van der Waals surface area contributed by atoms with Crippen molar-refractivity contribution in [2.45, 2.75) is 31.4 Å². The van der Waals surface area contributed by atoms with E-state index in [0.29, 0.717) is 0 Å². The van der Waals surface area contributed by atoms with E-state index in [1.807, 2.05) is 6.07 Å². The molecule has 1 heterocycles. The van der Waals surface area contributed by atoms with Gasteiger partial charge in [-0.25, -0.2) is 4.79 Å². The molecule has 0 N–H and O–H groups in total. The first-order valence-electron chi connectivity index (χ1n) is 7.56. The number of piperidine rings is 1. The van der Waals surface area contributed by atoms with E-state index in [1.165, 1.54) is 0 Å². The molecule has 8 heteroatoms. The Kier molecular flexibility index (Phi) is 5.48. The van der Waals surface area contributed by atoms with E-state index in [2.05, 4.69) is 4.84 Å². The zero-order chi connectivity index (χ0) is 17.8. The quantitative estimate of drug-likeness (QED) is 0.785. The number of hydrogen-bond acceptors (Lipinski definition) is 5. The fourth-order valence-electron chi connectivity index (χ4n) is 2.77. The summed E-state index contributed by atoms with van der Waals surface area (Å²) in [4.78, 5) is 27.7. The van der Waals surface area contributed by atoms with E-state index in [1.54, 1.807) is 31.2 Å². The lowest BCUT2D eigenvalue weighted by molar-refractivity contribution is -0.243. The van der Waals surface area contributed by atoms with Gasteiger partial charge in [-0.3, -0.25) is 4.79 Å². The van der Waals surface area contributed by atoms with E-state index in [0.717, 1.165) is 10.6 Å². The van der Waals surface area contributed by atoms with Gasteiger partial charge in [-0.2, -0.15) is 13.2 Å². The third kappa shape index (κ3) is 3.87. The Hall–Kier alpha value is -2.09. The minimum Gasteiger partial charge on any atom is -0.465 e. The van der Waals surface area contributed by atoms with Crippen molar-refractivity contribution in [1.29, 1.82) is 0 Å². The molecule has 5 nitrogen and oxygen atoms in total. The van der Waals surface area contributed by atoms with Crippen molar-refractivity contribution in [2.24, 2.45) is 0 Å². The Morgan fingerprint density at radius 1 is 1.17 bits per heavy atom. The van der Waals surface area contributed by atoms with Crippen molar-refractivity contribution in [3.8, 4) is 0 Å². The minimum atomic E-state index is -5.05. The van der Waals surface area contributed by atoms with Crippen LogP contribution in [0.1, 0.15) is 25.3 Å². The van der Waals surface area contributed by atoms with E-state index in [-0.39, 0.29) is 32.5 Å². The molecule has 1 aromatic rings.